The van der Waals surface area contributed by atoms with Gasteiger partial charge in [0.15, 0.2) is 5.82 Å². The van der Waals surface area contributed by atoms with E-state index < -0.39 is 14.2 Å². The molecule has 1 amide bonds. The van der Waals surface area contributed by atoms with Crippen LogP contribution < -0.4 is 10.1 Å². The van der Waals surface area contributed by atoms with Crippen molar-refractivity contribution in [3.05, 3.63) is 48.5 Å². The number of hydrogen-bond acceptors (Lipinski definition) is 9. The van der Waals surface area contributed by atoms with Crippen molar-refractivity contribution >= 4 is 31.0 Å². The van der Waals surface area contributed by atoms with Gasteiger partial charge in [-0.15, -0.1) is 0 Å². The summed E-state index contributed by atoms with van der Waals surface area (Å²) in [7, 11) is -1.30. The first-order valence-corrected chi connectivity index (χ1v) is 17.5. The van der Waals surface area contributed by atoms with Gasteiger partial charge in [-0.3, -0.25) is 14.9 Å². The average molecular weight is 588 g/mol. The molecular formula is C29H33N7O5Si. The Hall–Kier alpha value is -4.38. The van der Waals surface area contributed by atoms with Gasteiger partial charge < -0.3 is 19.3 Å². The van der Waals surface area contributed by atoms with Gasteiger partial charge >= 0.3 is 6.09 Å². The van der Waals surface area contributed by atoms with Crippen LogP contribution in [0.5, 0.6) is 5.75 Å². The van der Waals surface area contributed by atoms with E-state index in [1.165, 1.54) is 12.5 Å². The van der Waals surface area contributed by atoms with Crippen LogP contribution in [-0.4, -0.2) is 69.7 Å². The molecule has 1 saturated heterocycles. The summed E-state index contributed by atoms with van der Waals surface area (Å²) in [5.41, 5.74) is 3.47. The lowest BCUT2D eigenvalue weighted by atomic mass is 10.0. The Morgan fingerprint density at radius 2 is 2.02 bits per heavy atom. The highest BCUT2D eigenvalue weighted by atomic mass is 28.3. The lowest BCUT2D eigenvalue weighted by Crippen LogP contribution is -2.26. The van der Waals surface area contributed by atoms with Crippen LogP contribution in [0, 0.1) is 11.3 Å². The molecule has 0 atom stereocenters. The molecule has 3 aromatic heterocycles. The summed E-state index contributed by atoms with van der Waals surface area (Å²) in [6.07, 6.45) is 4.71. The molecule has 0 spiro atoms. The number of fused-ring (bicyclic) bond motifs is 1. The number of nitriles is 1. The quantitative estimate of drug-likeness (QED) is 0.182. The molecule has 1 aliphatic rings. The van der Waals surface area contributed by atoms with E-state index in [-0.39, 0.29) is 18.7 Å². The molecule has 42 heavy (non-hydrogen) atoms. The van der Waals surface area contributed by atoms with Crippen molar-refractivity contribution in [1.82, 2.24) is 24.5 Å². The van der Waals surface area contributed by atoms with Crippen molar-refractivity contribution < 1.29 is 24.1 Å². The zero-order chi connectivity index (χ0) is 29.7. The molecule has 12 nitrogen and oxygen atoms in total. The molecule has 1 aliphatic heterocycles. The molecule has 4 heterocycles. The maximum Gasteiger partial charge on any atom is 0.410 e. The van der Waals surface area contributed by atoms with Gasteiger partial charge in [0.05, 0.1) is 42.6 Å². The summed E-state index contributed by atoms with van der Waals surface area (Å²) in [4.78, 5) is 29.0. The van der Waals surface area contributed by atoms with Crippen LogP contribution in [0.4, 0.5) is 10.6 Å². The van der Waals surface area contributed by atoms with Gasteiger partial charge in [-0.05, 0) is 30.3 Å². The van der Waals surface area contributed by atoms with Crippen molar-refractivity contribution in [3.8, 4) is 34.5 Å². The highest BCUT2D eigenvalue weighted by molar-refractivity contribution is 6.76. The van der Waals surface area contributed by atoms with E-state index in [2.05, 4.69) is 51.0 Å². The summed E-state index contributed by atoms with van der Waals surface area (Å²) in [6, 6.07) is 10.6. The van der Waals surface area contributed by atoms with Crippen molar-refractivity contribution in [2.75, 3.05) is 25.1 Å². The molecule has 1 fully saturated rings. The Kier molecular flexibility index (Phi) is 8.77. The second-order valence-electron chi connectivity index (χ2n) is 11.2. The fourth-order valence-corrected chi connectivity index (χ4v) is 5.43. The maximum atomic E-state index is 11.2. The molecule has 0 unspecified atom stereocenters. The van der Waals surface area contributed by atoms with E-state index in [0.717, 1.165) is 29.8 Å². The first-order valence-electron chi connectivity index (χ1n) is 13.7. The third kappa shape index (κ3) is 6.91. The van der Waals surface area contributed by atoms with Crippen LogP contribution in [0.1, 0.15) is 18.4 Å². The lowest BCUT2D eigenvalue weighted by Gasteiger charge is -2.23. The smallest absolute Gasteiger partial charge is 0.410 e. The third-order valence-electron chi connectivity index (χ3n) is 6.87. The number of aromatic nitrogens is 5. The van der Waals surface area contributed by atoms with Crippen LogP contribution >= 0.6 is 0 Å². The van der Waals surface area contributed by atoms with E-state index in [0.29, 0.717) is 53.9 Å². The fraction of sp³-hybridized carbons (Fsp3) is 0.379. The highest BCUT2D eigenvalue weighted by Crippen LogP contribution is 2.34. The third-order valence-corrected chi connectivity index (χ3v) is 8.58. The fourth-order valence-electron chi connectivity index (χ4n) is 4.67. The Bertz CT molecular complexity index is 1620. The number of nitrogens with one attached hydrogen (secondary N) is 1. The average Bonchev–Trinajstić information content (AvgIpc) is 3.34. The normalized spacial score (nSPS) is 14.0. The molecule has 0 bridgehead atoms. The van der Waals surface area contributed by atoms with Gasteiger partial charge in [0, 0.05) is 38.5 Å². The number of ether oxygens (including phenoxy) is 3. The zero-order valence-electron chi connectivity index (χ0n) is 23.8. The Labute approximate surface area is 244 Å². The Morgan fingerprint density at radius 1 is 1.21 bits per heavy atom. The second kappa shape index (κ2) is 12.6. The van der Waals surface area contributed by atoms with Crippen molar-refractivity contribution in [1.29, 1.82) is 5.26 Å². The predicted molar refractivity (Wildman–Crippen MR) is 159 cm³/mol. The van der Waals surface area contributed by atoms with Crippen LogP contribution in [0.2, 0.25) is 25.7 Å². The second-order valence-corrected chi connectivity index (χ2v) is 16.9. The predicted octanol–water partition coefficient (Wildman–Crippen LogP) is 5.39. The molecule has 5 rings (SSSR count). The molecule has 218 valence electrons. The van der Waals surface area contributed by atoms with Crippen LogP contribution in [0.25, 0.3) is 33.7 Å². The minimum atomic E-state index is -1.30. The molecule has 2 N–H and O–H groups in total. The van der Waals surface area contributed by atoms with Crippen LogP contribution in [0.3, 0.4) is 0 Å². The number of anilines is 1. The van der Waals surface area contributed by atoms with E-state index in [4.69, 9.17) is 19.3 Å². The minimum Gasteiger partial charge on any atom is -0.489 e. The molecule has 4 aromatic rings. The highest BCUT2D eigenvalue weighted by Gasteiger charge is 2.21. The maximum absolute atomic E-state index is 11.2. The van der Waals surface area contributed by atoms with Gasteiger partial charge in [0.1, 0.15) is 42.3 Å². The molecule has 13 heteroatoms. The summed E-state index contributed by atoms with van der Waals surface area (Å²) < 4.78 is 19.5. The minimum absolute atomic E-state index is 0.00693. The summed E-state index contributed by atoms with van der Waals surface area (Å²) in [5, 5.41) is 22.1. The van der Waals surface area contributed by atoms with E-state index in [9.17, 15) is 10.1 Å². The van der Waals surface area contributed by atoms with Gasteiger partial charge in [0.2, 0.25) is 0 Å². The largest absolute Gasteiger partial charge is 0.489 e. The molecule has 0 saturated carbocycles. The molecule has 1 aromatic carbocycles. The van der Waals surface area contributed by atoms with Crippen LogP contribution in [0.15, 0.2) is 43.0 Å². The summed E-state index contributed by atoms with van der Waals surface area (Å²) >= 11 is 0. The SMILES string of the molecule is C[Si](C)(C)CCOCn1c(-c2cncc(NC(=O)O)n2)cc2c(-c3ccc(OC4CCOCC4)c(C#N)c3)ncnc21. The topological polar surface area (TPSA) is 157 Å². The standard InChI is InChI=1S/C29H33N7O5Si/c1-42(2,3)11-10-40-18-36-24(23-15-31-16-26(34-23)35-29(37)38)13-22-27(32-17-33-28(22)36)19-4-5-25(20(12-19)14-30)41-21-6-8-39-9-7-21/h4-5,12-13,15-17,21H,6-11,18H2,1-3H3,(H,34,35)(H,37,38). The van der Waals surface area contributed by atoms with Gasteiger partial charge in [-0.25, -0.2) is 19.7 Å². The number of hydrogen-bond donors (Lipinski definition) is 2. The van der Waals surface area contributed by atoms with Gasteiger partial charge in [-0.1, -0.05) is 19.6 Å². The van der Waals surface area contributed by atoms with Crippen molar-refractivity contribution in [2.45, 2.75) is 51.4 Å². The zero-order valence-corrected chi connectivity index (χ0v) is 24.8. The number of benzene rings is 1. The number of carboxylic acid groups (broad SMARTS) is 1. The molecular weight excluding hydrogens is 554 g/mol. The van der Waals surface area contributed by atoms with E-state index >= 15 is 0 Å². The monoisotopic (exact) mass is 587 g/mol. The number of amides is 1. The molecule has 0 radical (unpaired) electrons. The molecule has 0 aliphatic carbocycles. The van der Waals surface area contributed by atoms with E-state index in [1.54, 1.807) is 18.3 Å². The Balaban J connectivity index is 1.54. The van der Waals surface area contributed by atoms with Gasteiger partial charge in [-0.2, -0.15) is 5.26 Å². The Morgan fingerprint density at radius 3 is 2.76 bits per heavy atom. The van der Waals surface area contributed by atoms with E-state index in [1.807, 2.05) is 16.7 Å². The number of rotatable bonds is 10. The van der Waals surface area contributed by atoms with Crippen LogP contribution in [-0.2, 0) is 16.2 Å². The first-order chi connectivity index (χ1) is 20.2. The summed E-state index contributed by atoms with van der Waals surface area (Å²) in [6.45, 7) is 8.96. The van der Waals surface area contributed by atoms with Crippen molar-refractivity contribution in [2.24, 2.45) is 0 Å². The summed E-state index contributed by atoms with van der Waals surface area (Å²) in [5.74, 6) is 0.632. The lowest BCUT2D eigenvalue weighted by molar-refractivity contribution is 0.0254. The number of carbonyl (C=O) groups is 1. The van der Waals surface area contributed by atoms with Gasteiger partial charge in [0.25, 0.3) is 0 Å². The number of nitrogens with zero attached hydrogens (tertiary/aromatic N) is 6. The first kappa shape index (κ1) is 29.1. The van der Waals surface area contributed by atoms with Crippen molar-refractivity contribution in [3.63, 3.8) is 0 Å².